The van der Waals surface area contributed by atoms with Gasteiger partial charge in [0.1, 0.15) is 0 Å². The topological polar surface area (TPSA) is 552 Å². The lowest BCUT2D eigenvalue weighted by Crippen LogP contribution is -2.20. The molecule has 11 atom stereocenters. The van der Waals surface area contributed by atoms with E-state index in [1.807, 2.05) is 13.2 Å². The van der Waals surface area contributed by atoms with Crippen molar-refractivity contribution < 1.29 is 151 Å². The van der Waals surface area contributed by atoms with E-state index in [9.17, 15) is 0 Å². The van der Waals surface area contributed by atoms with Crippen LogP contribution in [0.1, 0.15) is 19.8 Å². The summed E-state index contributed by atoms with van der Waals surface area (Å²) < 4.78 is 24.8. The number of hydrogen-bond acceptors (Lipinski definition) is 39. The average Bonchev–Trinajstić information content (AvgIpc) is 3.68. The standard InChI is InChI=1S/C9H20O5S.2C7H16O4S.C7H16O3S.C6H14O4S.C6H14O3S.C5H12O3S.C5H12O2S.C4H10O2S/c10-1-2-13-3-4-14-5-6-15-8-9(12)7-11;1-11-3-7(10)5-12-4-6(9)2-8;8-1-2-11-3-4-12-6-7(10)5-9;1-10-3-2-4-11-6-7(9)5-8;7-1-5(9)3-11-4-6(10)2-8;7-2-1-3-10-5-6(9)4-8;6-1-2-9-4-5(8)3-7;1-2-8-4-5(7)3-6;1-7-3-4(6)2-5/h9-12H,1-8H2;6-10H,2-5H2,1H3;7-10H,1-6H2;7-9H,2-6H2,1H3;5-10H,1-4H2;6-9H,1-5H2;5-8H,1-4H2;5-7H,2-4H2,1H3;4-6H,2-3H2,1H3. The molecule has 588 valence electrons. The first kappa shape index (κ1) is 115. The highest BCUT2D eigenvalue weighted by molar-refractivity contribution is 8.00. The Morgan fingerprint density at radius 1 is 0.253 bits per heavy atom. The van der Waals surface area contributed by atoms with Crippen LogP contribution in [0.25, 0.3) is 0 Å². The lowest BCUT2D eigenvalue weighted by atomic mass is 10.4. The molecular weight excluding hydrogens is 1440 g/mol. The molecule has 0 aromatic heterocycles. The predicted octanol–water partition coefficient (Wildman–Crippen LogP) is -5.89. The van der Waals surface area contributed by atoms with Crippen LogP contribution in [-0.4, -0.2) is 458 Å². The van der Waals surface area contributed by atoms with Crippen molar-refractivity contribution in [3.05, 3.63) is 0 Å². The van der Waals surface area contributed by atoms with Gasteiger partial charge in [-0.3, -0.25) is 0 Å². The molecule has 0 spiro atoms. The molecule has 0 aliphatic carbocycles. The van der Waals surface area contributed by atoms with Crippen LogP contribution in [0.3, 0.4) is 0 Å². The van der Waals surface area contributed by atoms with Crippen LogP contribution in [0, 0.1) is 0 Å². The maximum absolute atomic E-state index is 9.14. The molecule has 0 amide bonds. The van der Waals surface area contributed by atoms with Gasteiger partial charge in [0.2, 0.25) is 0 Å². The second kappa shape index (κ2) is 107. The Kier molecular flexibility index (Phi) is 130. The van der Waals surface area contributed by atoms with Gasteiger partial charge in [0, 0.05) is 108 Å². The Labute approximate surface area is 603 Å². The number of thioether (sulfide) groups is 9. The molecule has 30 nitrogen and oxygen atoms in total. The molecular formula is C56H130O30S9. The SMILES string of the molecule is CCSCC(O)CO.COCC(O)CSCC(O)CO.COCCCSCC(O)CO.CSCC(O)CO.OCC(O)CSCC(O)CO.OCCCSCC(O)CO.OCCOCCOCCSCC(O)CO.OCCOCCSCC(O)CO.OCCSCC(O)CO. The van der Waals surface area contributed by atoms with E-state index in [2.05, 4.69) is 0 Å². The van der Waals surface area contributed by atoms with Crippen molar-refractivity contribution in [3.8, 4) is 0 Å². The molecule has 25 N–H and O–H groups in total. The summed E-state index contributed by atoms with van der Waals surface area (Å²) >= 11 is 13.5. The van der Waals surface area contributed by atoms with Crippen LogP contribution >= 0.6 is 106 Å². The zero-order chi connectivity index (χ0) is 74.2. The molecule has 0 fully saturated rings. The number of methoxy groups -OCH3 is 2. The molecule has 39 heteroatoms. The molecule has 0 rings (SSSR count). The van der Waals surface area contributed by atoms with E-state index in [1.165, 1.54) is 77.7 Å². The van der Waals surface area contributed by atoms with Gasteiger partial charge in [-0.1, -0.05) is 6.92 Å². The van der Waals surface area contributed by atoms with Gasteiger partial charge in [0.25, 0.3) is 0 Å². The van der Waals surface area contributed by atoms with Gasteiger partial charge in [0.15, 0.2) is 0 Å². The van der Waals surface area contributed by atoms with Gasteiger partial charge in [-0.15, -0.1) is 0 Å². The van der Waals surface area contributed by atoms with Crippen LogP contribution in [-0.2, 0) is 23.7 Å². The zero-order valence-corrected chi connectivity index (χ0v) is 63.6. The Morgan fingerprint density at radius 3 is 0.800 bits per heavy atom. The summed E-state index contributed by atoms with van der Waals surface area (Å²) in [6, 6.07) is 0. The van der Waals surface area contributed by atoms with Crippen molar-refractivity contribution in [2.75, 3.05) is 264 Å². The highest BCUT2D eigenvalue weighted by atomic mass is 32.2. The van der Waals surface area contributed by atoms with E-state index < -0.39 is 67.1 Å². The first-order valence-corrected chi connectivity index (χ1v) is 41.0. The van der Waals surface area contributed by atoms with Gasteiger partial charge in [0.05, 0.1) is 199 Å². The van der Waals surface area contributed by atoms with E-state index in [1.54, 1.807) is 42.4 Å². The number of ether oxygens (including phenoxy) is 5. The fourth-order valence-corrected chi connectivity index (χ4v) is 11.2. The third kappa shape index (κ3) is 129. The Balaban J connectivity index is -0.000000126. The smallest absolute Gasteiger partial charge is 0.0863 e. The van der Waals surface area contributed by atoms with E-state index in [4.69, 9.17) is 151 Å². The van der Waals surface area contributed by atoms with E-state index in [0.29, 0.717) is 115 Å². The van der Waals surface area contributed by atoms with Gasteiger partial charge >= 0.3 is 0 Å². The van der Waals surface area contributed by atoms with Crippen LogP contribution in [0.15, 0.2) is 0 Å². The molecule has 0 heterocycles. The molecule has 0 aliphatic rings. The zero-order valence-electron chi connectivity index (χ0n) is 56.2. The van der Waals surface area contributed by atoms with Crippen molar-refractivity contribution in [1.82, 2.24) is 0 Å². The Bertz CT molecular complexity index is 1250. The molecule has 0 bridgehead atoms. The predicted molar refractivity (Wildman–Crippen MR) is 393 cm³/mol. The summed E-state index contributed by atoms with van der Waals surface area (Å²) in [6.07, 6.45) is -3.15. The molecule has 0 radical (unpaired) electrons. The fraction of sp³-hybridized carbons (Fsp3) is 1.00. The van der Waals surface area contributed by atoms with Crippen molar-refractivity contribution in [1.29, 1.82) is 0 Å². The lowest BCUT2D eigenvalue weighted by Gasteiger charge is -2.10. The third-order valence-electron chi connectivity index (χ3n) is 9.04. The summed E-state index contributed by atoms with van der Waals surface area (Å²) in [5, 5.41) is 215. The van der Waals surface area contributed by atoms with Crippen molar-refractivity contribution >= 4 is 106 Å². The summed E-state index contributed by atoms with van der Waals surface area (Å²) in [6.45, 7) is 4.51. The van der Waals surface area contributed by atoms with Crippen molar-refractivity contribution in [2.45, 2.75) is 86.9 Å². The number of aliphatic hydroxyl groups is 25. The third-order valence-corrected chi connectivity index (χ3v) is 18.9. The van der Waals surface area contributed by atoms with Gasteiger partial charge in [-0.05, 0) is 36.4 Å². The quantitative estimate of drug-likeness (QED) is 0.0252. The first-order valence-electron chi connectivity index (χ1n) is 30.4. The lowest BCUT2D eigenvalue weighted by molar-refractivity contribution is 0.0377. The normalized spacial score (nSPS) is 14.1. The number of aliphatic hydroxyl groups excluding tert-OH is 25. The number of hydrogen-bond donors (Lipinski definition) is 25. The minimum absolute atomic E-state index is 0.0366. The van der Waals surface area contributed by atoms with Gasteiger partial charge in [-0.2, -0.15) is 106 Å². The van der Waals surface area contributed by atoms with Crippen molar-refractivity contribution in [2.24, 2.45) is 0 Å². The summed E-state index contributed by atoms with van der Waals surface area (Å²) in [4.78, 5) is 0. The second-order valence-corrected chi connectivity index (χ2v) is 28.6. The Morgan fingerprint density at radius 2 is 0.526 bits per heavy atom. The van der Waals surface area contributed by atoms with Gasteiger partial charge < -0.3 is 151 Å². The average molecular weight is 1570 g/mol. The van der Waals surface area contributed by atoms with E-state index >= 15 is 0 Å². The maximum Gasteiger partial charge on any atom is 0.0863 e. The van der Waals surface area contributed by atoms with E-state index in [0.717, 1.165) is 48.2 Å². The summed E-state index contributed by atoms with van der Waals surface area (Å²) in [7, 11) is 3.20. The molecule has 0 saturated carbocycles. The second-order valence-electron chi connectivity index (χ2n) is 18.5. The summed E-state index contributed by atoms with van der Waals surface area (Å²) in [5.74, 6) is 10.7. The van der Waals surface area contributed by atoms with Crippen LogP contribution in [0.4, 0.5) is 0 Å². The van der Waals surface area contributed by atoms with E-state index in [-0.39, 0.29) is 92.5 Å². The molecule has 0 aromatic rings. The fourth-order valence-electron chi connectivity index (χ4n) is 4.32. The monoisotopic (exact) mass is 1570 g/mol. The number of rotatable bonds is 57. The molecule has 0 aliphatic heterocycles. The molecule has 0 aromatic carbocycles. The highest BCUT2D eigenvalue weighted by Crippen LogP contribution is 2.09. The first-order chi connectivity index (χ1) is 45.6. The minimum atomic E-state index is -0.731. The highest BCUT2D eigenvalue weighted by Gasteiger charge is 2.09. The van der Waals surface area contributed by atoms with Crippen molar-refractivity contribution in [3.63, 3.8) is 0 Å². The molecule has 0 saturated heterocycles. The molecule has 11 unspecified atom stereocenters. The Hall–Kier alpha value is 1.95. The van der Waals surface area contributed by atoms with Gasteiger partial charge in [-0.25, -0.2) is 0 Å². The largest absolute Gasteiger partial charge is 0.396 e. The molecule has 95 heavy (non-hydrogen) atoms. The van der Waals surface area contributed by atoms with Crippen LogP contribution in [0.5, 0.6) is 0 Å². The maximum atomic E-state index is 9.14. The minimum Gasteiger partial charge on any atom is -0.396 e. The van der Waals surface area contributed by atoms with Crippen LogP contribution in [0.2, 0.25) is 0 Å². The van der Waals surface area contributed by atoms with Crippen LogP contribution < -0.4 is 0 Å². The summed E-state index contributed by atoms with van der Waals surface area (Å²) in [5.41, 5.74) is 0.